The summed E-state index contributed by atoms with van der Waals surface area (Å²) >= 11 is 6.13. The van der Waals surface area contributed by atoms with Crippen molar-refractivity contribution in [2.75, 3.05) is 5.32 Å². The number of nitrogens with zero attached hydrogens (tertiary/aromatic N) is 2. The second-order valence-electron chi connectivity index (χ2n) is 5.65. The molecule has 2 heterocycles. The summed E-state index contributed by atoms with van der Waals surface area (Å²) in [6.45, 7) is 0. The minimum Gasteiger partial charge on any atom is -0.309 e. The Labute approximate surface area is 161 Å². The van der Waals surface area contributed by atoms with Crippen LogP contribution in [0.1, 0.15) is 16.6 Å². The molecule has 0 spiro atoms. The minimum absolute atomic E-state index is 0.0455. The molecule has 144 valence electrons. The third-order valence-corrected chi connectivity index (χ3v) is 4.05. The lowest BCUT2D eigenvalue weighted by Crippen LogP contribution is -2.19. The number of H-pyrrole nitrogens is 1. The molecule has 3 aromatic rings. The quantitative estimate of drug-likeness (QED) is 0.643. The molecule has 0 aliphatic heterocycles. The van der Waals surface area contributed by atoms with Gasteiger partial charge in [0.05, 0.1) is 0 Å². The fourth-order valence-corrected chi connectivity index (χ4v) is 2.52. The lowest BCUT2D eigenvalue weighted by Gasteiger charge is -2.11. The number of carbonyl (C=O) groups is 1. The molecule has 2 N–H and O–H groups in total. The topological polar surface area (TPSA) is 87.7 Å². The molecule has 0 fully saturated rings. The maximum absolute atomic E-state index is 12.9. The molecule has 6 nitrogen and oxygen atoms in total. The Morgan fingerprint density at radius 3 is 2.46 bits per heavy atom. The van der Waals surface area contributed by atoms with Crippen molar-refractivity contribution in [1.82, 2.24) is 15.0 Å². The minimum atomic E-state index is -4.78. The number of benzene rings is 1. The molecule has 10 heteroatoms. The second kappa shape index (κ2) is 7.81. The van der Waals surface area contributed by atoms with Crippen molar-refractivity contribution in [1.29, 1.82) is 0 Å². The number of hydrogen-bond acceptors (Lipinski definition) is 4. The van der Waals surface area contributed by atoms with E-state index in [2.05, 4.69) is 20.3 Å². The van der Waals surface area contributed by atoms with E-state index in [0.29, 0.717) is 11.6 Å². The summed E-state index contributed by atoms with van der Waals surface area (Å²) in [4.78, 5) is 33.5. The molecule has 0 bridgehead atoms. The van der Waals surface area contributed by atoms with Crippen LogP contribution < -0.4 is 10.9 Å². The number of alkyl halides is 4. The molecular weight excluding hydrogens is 397 g/mol. The van der Waals surface area contributed by atoms with Gasteiger partial charge in [-0.3, -0.25) is 9.59 Å². The highest BCUT2D eigenvalue weighted by molar-refractivity contribution is 6.32. The molecule has 0 saturated carbocycles. The molecule has 2 aromatic heterocycles. The SMILES string of the molecule is O=C(Nc1cccc(-c2nc(C(F)(F)F)cc(=O)[nH]2)n1)C(Cl)c1ccccc1. The lowest BCUT2D eigenvalue weighted by molar-refractivity contribution is -0.141. The van der Waals surface area contributed by atoms with E-state index in [1.54, 1.807) is 30.3 Å². The number of aromatic nitrogens is 3. The van der Waals surface area contributed by atoms with E-state index in [9.17, 15) is 22.8 Å². The fraction of sp³-hybridized carbons (Fsp3) is 0.111. The van der Waals surface area contributed by atoms with Crippen LogP contribution in [0.4, 0.5) is 19.0 Å². The Bertz CT molecular complexity index is 1050. The largest absolute Gasteiger partial charge is 0.433 e. The van der Waals surface area contributed by atoms with E-state index in [1.807, 2.05) is 0 Å². The van der Waals surface area contributed by atoms with Crippen LogP contribution in [0.2, 0.25) is 0 Å². The first-order valence-corrected chi connectivity index (χ1v) is 8.33. The fourth-order valence-electron chi connectivity index (χ4n) is 2.32. The lowest BCUT2D eigenvalue weighted by atomic mass is 10.1. The Balaban J connectivity index is 1.86. The van der Waals surface area contributed by atoms with Crippen LogP contribution in [0.5, 0.6) is 0 Å². The highest BCUT2D eigenvalue weighted by atomic mass is 35.5. The Morgan fingerprint density at radius 2 is 1.79 bits per heavy atom. The van der Waals surface area contributed by atoms with Crippen LogP contribution in [-0.2, 0) is 11.0 Å². The summed E-state index contributed by atoms with van der Waals surface area (Å²) < 4.78 is 38.6. The first-order valence-electron chi connectivity index (χ1n) is 7.90. The van der Waals surface area contributed by atoms with Gasteiger partial charge in [-0.05, 0) is 17.7 Å². The molecule has 1 amide bonds. The molecule has 0 radical (unpaired) electrons. The summed E-state index contributed by atoms with van der Waals surface area (Å²) in [6.07, 6.45) is -4.78. The van der Waals surface area contributed by atoms with Crippen LogP contribution in [0.15, 0.2) is 59.4 Å². The number of pyridine rings is 1. The van der Waals surface area contributed by atoms with Crippen LogP contribution in [0.3, 0.4) is 0 Å². The normalized spacial score (nSPS) is 12.4. The van der Waals surface area contributed by atoms with Gasteiger partial charge in [-0.2, -0.15) is 13.2 Å². The van der Waals surface area contributed by atoms with Crippen LogP contribution in [0.25, 0.3) is 11.5 Å². The van der Waals surface area contributed by atoms with E-state index >= 15 is 0 Å². The Morgan fingerprint density at radius 1 is 1.07 bits per heavy atom. The van der Waals surface area contributed by atoms with Crippen molar-refractivity contribution in [2.45, 2.75) is 11.6 Å². The molecule has 28 heavy (non-hydrogen) atoms. The Hall–Kier alpha value is -3.20. The molecule has 0 saturated heterocycles. The van der Waals surface area contributed by atoms with Crippen molar-refractivity contribution >= 4 is 23.3 Å². The van der Waals surface area contributed by atoms with E-state index in [-0.39, 0.29) is 17.3 Å². The molecule has 0 aliphatic carbocycles. The van der Waals surface area contributed by atoms with Crippen LogP contribution in [-0.4, -0.2) is 20.9 Å². The van der Waals surface area contributed by atoms with E-state index in [4.69, 9.17) is 11.6 Å². The van der Waals surface area contributed by atoms with Crippen molar-refractivity contribution in [3.8, 4) is 11.5 Å². The maximum atomic E-state index is 12.9. The number of halogens is 4. The molecule has 1 unspecified atom stereocenters. The molecule has 1 atom stereocenters. The van der Waals surface area contributed by atoms with Gasteiger partial charge in [0.2, 0.25) is 5.91 Å². The number of rotatable bonds is 4. The summed E-state index contributed by atoms with van der Waals surface area (Å²) in [5.74, 6) is -0.895. The van der Waals surface area contributed by atoms with Crippen molar-refractivity contribution in [2.24, 2.45) is 0 Å². The maximum Gasteiger partial charge on any atom is 0.433 e. The summed E-state index contributed by atoms with van der Waals surface area (Å²) in [7, 11) is 0. The first-order chi connectivity index (χ1) is 13.2. The van der Waals surface area contributed by atoms with Crippen molar-refractivity contribution in [3.63, 3.8) is 0 Å². The monoisotopic (exact) mass is 408 g/mol. The number of aromatic amines is 1. The number of hydrogen-bond donors (Lipinski definition) is 2. The second-order valence-corrected chi connectivity index (χ2v) is 6.08. The van der Waals surface area contributed by atoms with Gasteiger partial charge in [-0.25, -0.2) is 9.97 Å². The van der Waals surface area contributed by atoms with E-state index in [1.165, 1.54) is 18.2 Å². The molecule has 3 rings (SSSR count). The first kappa shape index (κ1) is 19.6. The van der Waals surface area contributed by atoms with E-state index in [0.717, 1.165) is 0 Å². The zero-order valence-electron chi connectivity index (χ0n) is 14.0. The third kappa shape index (κ3) is 4.55. The number of anilines is 1. The average Bonchev–Trinajstić information content (AvgIpc) is 2.67. The van der Waals surface area contributed by atoms with Gasteiger partial charge in [-0.1, -0.05) is 36.4 Å². The zero-order valence-corrected chi connectivity index (χ0v) is 14.8. The van der Waals surface area contributed by atoms with Gasteiger partial charge in [0.15, 0.2) is 11.5 Å². The molecule has 1 aromatic carbocycles. The average molecular weight is 409 g/mol. The van der Waals surface area contributed by atoms with Gasteiger partial charge >= 0.3 is 6.18 Å². The van der Waals surface area contributed by atoms with Gasteiger partial charge in [0, 0.05) is 6.07 Å². The molecular formula is C18H12ClF3N4O2. The number of carbonyl (C=O) groups excluding carboxylic acids is 1. The predicted molar refractivity (Wildman–Crippen MR) is 96.8 cm³/mol. The van der Waals surface area contributed by atoms with Crippen molar-refractivity contribution in [3.05, 3.63) is 76.2 Å². The third-order valence-electron chi connectivity index (χ3n) is 3.60. The zero-order chi connectivity index (χ0) is 20.3. The highest BCUT2D eigenvalue weighted by Gasteiger charge is 2.33. The smallest absolute Gasteiger partial charge is 0.309 e. The Kier molecular flexibility index (Phi) is 5.46. The highest BCUT2D eigenvalue weighted by Crippen LogP contribution is 2.28. The van der Waals surface area contributed by atoms with Crippen molar-refractivity contribution < 1.29 is 18.0 Å². The van der Waals surface area contributed by atoms with Gasteiger partial charge in [0.1, 0.15) is 16.9 Å². The summed E-state index contributed by atoms with van der Waals surface area (Å²) in [6, 6.07) is 13.2. The van der Waals surface area contributed by atoms with Crippen LogP contribution >= 0.6 is 11.6 Å². The van der Waals surface area contributed by atoms with Gasteiger partial charge in [0.25, 0.3) is 5.56 Å². The summed E-state index contributed by atoms with van der Waals surface area (Å²) in [5.41, 5.74) is -1.79. The van der Waals surface area contributed by atoms with Gasteiger partial charge < -0.3 is 10.3 Å². The standard InChI is InChI=1S/C18H12ClF3N4O2/c19-15(10-5-2-1-3-6-10)17(28)25-13-8-4-7-11(23-13)16-24-12(18(20,21)22)9-14(27)26-16/h1-9,15H,(H,23,25,28)(H,24,26,27). The molecule has 0 aliphatic rings. The number of amides is 1. The summed E-state index contributed by atoms with van der Waals surface area (Å²) in [5, 5.41) is 1.50. The number of nitrogens with one attached hydrogen (secondary N) is 2. The van der Waals surface area contributed by atoms with Crippen LogP contribution in [0, 0.1) is 0 Å². The predicted octanol–water partition coefficient (Wildman–Crippen LogP) is 3.77. The van der Waals surface area contributed by atoms with Gasteiger partial charge in [-0.15, -0.1) is 11.6 Å². The van der Waals surface area contributed by atoms with E-state index < -0.39 is 28.7 Å².